The van der Waals surface area contributed by atoms with Gasteiger partial charge >= 0.3 is 0 Å². The molecule has 0 bridgehead atoms. The molecule has 1 aliphatic carbocycles. The molecule has 1 atom stereocenters. The molecule has 0 saturated heterocycles. The molecule has 0 radical (unpaired) electrons. The molecule has 1 aliphatic heterocycles. The zero-order valence-electron chi connectivity index (χ0n) is 18.1. The zero-order valence-corrected chi connectivity index (χ0v) is 18.1. The highest BCUT2D eigenvalue weighted by molar-refractivity contribution is 5.90. The van der Waals surface area contributed by atoms with Crippen LogP contribution in [0.5, 0.6) is 0 Å². The van der Waals surface area contributed by atoms with Crippen LogP contribution in [0.3, 0.4) is 0 Å². The van der Waals surface area contributed by atoms with E-state index in [-0.39, 0.29) is 0 Å². The summed E-state index contributed by atoms with van der Waals surface area (Å²) in [5.41, 5.74) is 7.08. The third-order valence-electron chi connectivity index (χ3n) is 6.80. The van der Waals surface area contributed by atoms with Crippen LogP contribution in [0.25, 0.3) is 5.57 Å². The molecule has 0 amide bonds. The Morgan fingerprint density at radius 1 is 1.11 bits per heavy atom. The van der Waals surface area contributed by atoms with E-state index < -0.39 is 0 Å². The van der Waals surface area contributed by atoms with Gasteiger partial charge in [0.1, 0.15) is 17.7 Å². The van der Waals surface area contributed by atoms with Gasteiger partial charge in [-0.1, -0.05) is 65.4 Å². The van der Waals surface area contributed by atoms with Crippen molar-refractivity contribution in [1.82, 2.24) is 4.48 Å². The summed E-state index contributed by atoms with van der Waals surface area (Å²) in [4.78, 5) is 11.3. The van der Waals surface area contributed by atoms with Gasteiger partial charge in [-0.15, -0.1) is 0 Å². The molecule has 2 heteroatoms. The SMILES string of the molecule is CCCCCCCCC1CC(C)(C)CC2=C1c1ccc(C=O)cc1[N+]2(C)C. The fourth-order valence-corrected chi connectivity index (χ4v) is 5.37. The van der Waals surface area contributed by atoms with Crippen molar-refractivity contribution in [2.24, 2.45) is 11.3 Å². The van der Waals surface area contributed by atoms with Gasteiger partial charge in [0.2, 0.25) is 0 Å². The van der Waals surface area contributed by atoms with Crippen LogP contribution in [-0.4, -0.2) is 20.4 Å². The Bertz CT molecular complexity index is 726. The summed E-state index contributed by atoms with van der Waals surface area (Å²) in [5, 5.41) is 0. The smallest absolute Gasteiger partial charge is 0.150 e. The van der Waals surface area contributed by atoms with Crippen LogP contribution < -0.4 is 4.48 Å². The molecule has 1 heterocycles. The van der Waals surface area contributed by atoms with Gasteiger partial charge in [0, 0.05) is 29.2 Å². The topological polar surface area (TPSA) is 17.1 Å². The molecule has 0 N–H and O–H groups in total. The summed E-state index contributed by atoms with van der Waals surface area (Å²) in [6, 6.07) is 6.34. The Morgan fingerprint density at radius 2 is 1.81 bits per heavy atom. The van der Waals surface area contributed by atoms with E-state index in [1.165, 1.54) is 62.6 Å². The number of carbonyl (C=O) groups excluding carboxylic acids is 1. The highest BCUT2D eigenvalue weighted by Gasteiger charge is 2.48. The van der Waals surface area contributed by atoms with Crippen molar-refractivity contribution in [3.8, 4) is 0 Å². The molecule has 3 rings (SSSR count). The monoisotopic (exact) mass is 368 g/mol. The van der Waals surface area contributed by atoms with E-state index in [9.17, 15) is 4.79 Å². The first-order chi connectivity index (χ1) is 12.8. The number of fused-ring (bicyclic) bond motifs is 2. The van der Waals surface area contributed by atoms with E-state index in [0.717, 1.165) is 22.8 Å². The Labute approximate surface area is 166 Å². The van der Waals surface area contributed by atoms with Crippen molar-refractivity contribution in [2.45, 2.75) is 78.6 Å². The first kappa shape index (κ1) is 20.3. The molecule has 1 aromatic carbocycles. The third-order valence-corrected chi connectivity index (χ3v) is 6.80. The van der Waals surface area contributed by atoms with Gasteiger partial charge in [0.15, 0.2) is 0 Å². The predicted octanol–water partition coefficient (Wildman–Crippen LogP) is 6.98. The number of rotatable bonds is 8. The van der Waals surface area contributed by atoms with Gasteiger partial charge < -0.3 is 0 Å². The van der Waals surface area contributed by atoms with Crippen LogP contribution in [0.2, 0.25) is 0 Å². The van der Waals surface area contributed by atoms with E-state index in [4.69, 9.17) is 0 Å². The molecule has 1 unspecified atom stereocenters. The van der Waals surface area contributed by atoms with Gasteiger partial charge in [-0.3, -0.25) is 9.28 Å². The number of hydrogen-bond acceptors (Lipinski definition) is 1. The minimum absolute atomic E-state index is 0.358. The van der Waals surface area contributed by atoms with Crippen LogP contribution >= 0.6 is 0 Å². The molecule has 148 valence electrons. The summed E-state index contributed by atoms with van der Waals surface area (Å²) >= 11 is 0. The van der Waals surface area contributed by atoms with E-state index >= 15 is 0 Å². The van der Waals surface area contributed by atoms with Crippen LogP contribution in [0.1, 0.15) is 94.5 Å². The molecule has 0 spiro atoms. The van der Waals surface area contributed by atoms with Crippen molar-refractivity contribution < 1.29 is 4.79 Å². The van der Waals surface area contributed by atoms with Crippen LogP contribution in [0.4, 0.5) is 5.69 Å². The van der Waals surface area contributed by atoms with Crippen LogP contribution in [0.15, 0.2) is 23.9 Å². The van der Waals surface area contributed by atoms with E-state index in [1.807, 2.05) is 6.07 Å². The maximum atomic E-state index is 11.3. The lowest BCUT2D eigenvalue weighted by Crippen LogP contribution is -2.41. The van der Waals surface area contributed by atoms with Crippen molar-refractivity contribution in [3.05, 3.63) is 35.0 Å². The Balaban J connectivity index is 1.85. The third kappa shape index (κ3) is 4.06. The number of allylic oxidation sites excluding steroid dienone is 2. The van der Waals surface area contributed by atoms with Crippen molar-refractivity contribution in [3.63, 3.8) is 0 Å². The number of carbonyl (C=O) groups is 1. The van der Waals surface area contributed by atoms with E-state index in [0.29, 0.717) is 11.3 Å². The summed E-state index contributed by atoms with van der Waals surface area (Å²) in [6.07, 6.45) is 12.9. The quantitative estimate of drug-likeness (QED) is 0.275. The number of aldehydes is 1. The average molecular weight is 369 g/mol. The second-order valence-corrected chi connectivity index (χ2v) is 10.0. The second kappa shape index (κ2) is 7.91. The maximum absolute atomic E-state index is 11.3. The van der Waals surface area contributed by atoms with Gasteiger partial charge in [-0.05, 0) is 30.2 Å². The Hall–Kier alpha value is -1.41. The van der Waals surface area contributed by atoms with Crippen molar-refractivity contribution >= 4 is 17.5 Å². The van der Waals surface area contributed by atoms with Gasteiger partial charge in [-0.25, -0.2) is 0 Å². The summed E-state index contributed by atoms with van der Waals surface area (Å²) < 4.78 is 0.822. The lowest BCUT2D eigenvalue weighted by molar-refractivity contribution is 0.112. The first-order valence-electron chi connectivity index (χ1n) is 11.0. The number of nitrogens with zero attached hydrogens (tertiary/aromatic N) is 1. The largest absolute Gasteiger partial charge is 0.298 e. The number of hydrogen-bond donors (Lipinski definition) is 0. The fourth-order valence-electron chi connectivity index (χ4n) is 5.37. The highest BCUT2D eigenvalue weighted by Crippen LogP contribution is 2.56. The minimum Gasteiger partial charge on any atom is -0.298 e. The summed E-state index contributed by atoms with van der Waals surface area (Å²) in [5.74, 6) is 0.663. The normalized spacial score (nSPS) is 22.5. The second-order valence-electron chi connectivity index (χ2n) is 10.0. The minimum atomic E-state index is 0.358. The molecule has 1 aromatic rings. The zero-order chi connectivity index (χ0) is 19.7. The first-order valence-corrected chi connectivity index (χ1v) is 11.0. The molecule has 2 aliphatic rings. The lowest BCUT2D eigenvalue weighted by Gasteiger charge is -2.39. The predicted molar refractivity (Wildman–Crippen MR) is 117 cm³/mol. The van der Waals surface area contributed by atoms with Crippen molar-refractivity contribution in [1.29, 1.82) is 0 Å². The fraction of sp³-hybridized carbons (Fsp3) is 0.640. The number of benzene rings is 1. The maximum Gasteiger partial charge on any atom is 0.150 e. The van der Waals surface area contributed by atoms with Gasteiger partial charge in [0.25, 0.3) is 0 Å². The molecule has 2 nitrogen and oxygen atoms in total. The highest BCUT2D eigenvalue weighted by atomic mass is 16.1. The van der Waals surface area contributed by atoms with Gasteiger partial charge in [0.05, 0.1) is 14.1 Å². The van der Waals surface area contributed by atoms with Crippen LogP contribution in [-0.2, 0) is 0 Å². The summed E-state index contributed by atoms with van der Waals surface area (Å²) in [6.45, 7) is 7.15. The standard InChI is InChI=1S/C25H38NO/c1-6-7-8-9-10-11-12-20-16-25(2,3)17-23-24(20)21-14-13-19(18-27)15-22(21)26(23,4)5/h13-15,18,20H,6-12,16-17H2,1-5H3/q+1. The Kier molecular flexibility index (Phi) is 5.96. The Morgan fingerprint density at radius 3 is 2.52 bits per heavy atom. The number of quaternary nitrogens is 1. The lowest BCUT2D eigenvalue weighted by atomic mass is 9.68. The molecule has 0 saturated carbocycles. The van der Waals surface area contributed by atoms with Gasteiger partial charge in [-0.2, -0.15) is 0 Å². The molecular formula is C25H38NO+. The van der Waals surface area contributed by atoms with Crippen molar-refractivity contribution in [2.75, 3.05) is 14.1 Å². The van der Waals surface area contributed by atoms with E-state index in [2.05, 4.69) is 47.0 Å². The molecule has 0 fully saturated rings. The van der Waals surface area contributed by atoms with Crippen LogP contribution in [0, 0.1) is 11.3 Å². The molecular weight excluding hydrogens is 330 g/mol. The number of unbranched alkanes of at least 4 members (excludes halogenated alkanes) is 5. The average Bonchev–Trinajstić information content (AvgIpc) is 2.84. The molecule has 0 aromatic heterocycles. The molecule has 27 heavy (non-hydrogen) atoms. The van der Waals surface area contributed by atoms with E-state index in [1.54, 1.807) is 11.3 Å². The summed E-state index contributed by atoms with van der Waals surface area (Å²) in [7, 11) is 4.61.